The maximum atomic E-state index is 13.4. The Balaban J connectivity index is 1.54. The molecule has 0 amide bonds. The topological polar surface area (TPSA) is 69.0 Å². The van der Waals surface area contributed by atoms with Crippen LogP contribution in [0.1, 0.15) is 35.9 Å². The number of ether oxygens (including phenoxy) is 1. The van der Waals surface area contributed by atoms with E-state index >= 15 is 0 Å². The van der Waals surface area contributed by atoms with Gasteiger partial charge < -0.3 is 10.1 Å². The first kappa shape index (κ1) is 18.9. The van der Waals surface area contributed by atoms with Gasteiger partial charge in [0, 0.05) is 22.6 Å². The van der Waals surface area contributed by atoms with Crippen molar-refractivity contribution in [1.29, 1.82) is 0 Å². The molecule has 0 unspecified atom stereocenters. The van der Waals surface area contributed by atoms with Crippen LogP contribution in [-0.4, -0.2) is 33.9 Å². The van der Waals surface area contributed by atoms with Gasteiger partial charge in [-0.2, -0.15) is 10.1 Å². The van der Waals surface area contributed by atoms with Crippen molar-refractivity contribution in [2.45, 2.75) is 29.7 Å². The van der Waals surface area contributed by atoms with Crippen molar-refractivity contribution in [3.63, 3.8) is 0 Å². The fourth-order valence-corrected chi connectivity index (χ4v) is 4.77. The van der Waals surface area contributed by atoms with E-state index in [9.17, 15) is 4.79 Å². The number of allylic oxidation sites excluding steroid dienone is 2. The molecule has 6 nitrogen and oxygen atoms in total. The summed E-state index contributed by atoms with van der Waals surface area (Å²) in [5.41, 5.74) is 3.94. The molecule has 0 saturated heterocycles. The number of methoxy groups -OCH3 is 1. The second kappa shape index (κ2) is 7.65. The molecule has 2 aromatic carbocycles. The highest BCUT2D eigenvalue weighted by Crippen LogP contribution is 2.44. The van der Waals surface area contributed by atoms with Crippen LogP contribution in [0.4, 0.5) is 5.95 Å². The van der Waals surface area contributed by atoms with Crippen LogP contribution in [0.2, 0.25) is 0 Å². The number of nitrogens with zero attached hydrogens (tertiary/aromatic N) is 3. The molecule has 1 aliphatic carbocycles. The number of carbonyl (C=O) groups excluding carboxylic acids is 1. The molecular weight excluding hydrogens is 396 g/mol. The molecule has 2 atom stereocenters. The molecule has 2 aliphatic rings. The summed E-state index contributed by atoms with van der Waals surface area (Å²) < 4.78 is 7.08. The normalized spacial score (nSPS) is 20.4. The van der Waals surface area contributed by atoms with Crippen LogP contribution in [0, 0.1) is 0 Å². The minimum absolute atomic E-state index is 0.128. The maximum absolute atomic E-state index is 13.4. The third-order valence-corrected chi connectivity index (χ3v) is 6.62. The van der Waals surface area contributed by atoms with E-state index in [1.165, 1.54) is 11.2 Å². The van der Waals surface area contributed by atoms with Crippen LogP contribution < -0.4 is 10.1 Å². The van der Waals surface area contributed by atoms with Gasteiger partial charge in [-0.05, 0) is 54.0 Å². The number of aromatic nitrogens is 3. The SMILES string of the molecule is COc1ccc([C@H]2CC(=O)C3=C(C2)Nc2ncnn2[C@H]3c2ccc(SC)cc2)cc1. The lowest BCUT2D eigenvalue weighted by Crippen LogP contribution is -2.33. The van der Waals surface area contributed by atoms with E-state index in [2.05, 4.69) is 45.9 Å². The van der Waals surface area contributed by atoms with Crippen molar-refractivity contribution in [3.05, 3.63) is 77.3 Å². The largest absolute Gasteiger partial charge is 0.497 e. The minimum Gasteiger partial charge on any atom is -0.497 e. The number of thioether (sulfide) groups is 1. The third kappa shape index (κ3) is 3.19. The smallest absolute Gasteiger partial charge is 0.226 e. The first-order valence-corrected chi connectivity index (χ1v) is 11.1. The predicted molar refractivity (Wildman–Crippen MR) is 117 cm³/mol. The van der Waals surface area contributed by atoms with Gasteiger partial charge in [0.2, 0.25) is 5.95 Å². The fourth-order valence-electron chi connectivity index (χ4n) is 4.36. The quantitative estimate of drug-likeness (QED) is 0.633. The summed E-state index contributed by atoms with van der Waals surface area (Å²) in [5.74, 6) is 1.78. The second-order valence-corrected chi connectivity index (χ2v) is 8.40. The Morgan fingerprint density at radius 3 is 2.50 bits per heavy atom. The number of Topliss-reactive ketones (excluding diaryl/α,β-unsaturated/α-hetero) is 1. The Labute approximate surface area is 179 Å². The standard InChI is InChI=1S/C23H22N4O2S/c1-29-17-7-3-14(4-8-17)16-11-19-21(20(28)12-16)22(27-23(26-19)24-13-25-27)15-5-9-18(30-2)10-6-15/h3-10,13,16,22H,11-12H2,1-2H3,(H,24,25,26)/t16-,22+/m1/s1. The van der Waals surface area contributed by atoms with Gasteiger partial charge in [0.25, 0.3) is 0 Å². The van der Waals surface area contributed by atoms with Gasteiger partial charge in [-0.3, -0.25) is 4.79 Å². The number of nitrogens with one attached hydrogen (secondary N) is 1. The summed E-state index contributed by atoms with van der Waals surface area (Å²) >= 11 is 1.70. The van der Waals surface area contributed by atoms with Gasteiger partial charge in [0.05, 0.1) is 7.11 Å². The van der Waals surface area contributed by atoms with Crippen LogP contribution in [-0.2, 0) is 4.79 Å². The first-order chi connectivity index (χ1) is 14.7. The molecule has 3 aromatic rings. The number of benzene rings is 2. The van der Waals surface area contributed by atoms with Crippen molar-refractivity contribution < 1.29 is 9.53 Å². The Hall–Kier alpha value is -3.06. The van der Waals surface area contributed by atoms with Gasteiger partial charge in [-0.1, -0.05) is 24.3 Å². The first-order valence-electron chi connectivity index (χ1n) is 9.88. The van der Waals surface area contributed by atoms with Crippen molar-refractivity contribution in [2.75, 3.05) is 18.7 Å². The van der Waals surface area contributed by atoms with E-state index < -0.39 is 0 Å². The number of hydrogen-bond acceptors (Lipinski definition) is 6. The molecule has 1 aromatic heterocycles. The van der Waals surface area contributed by atoms with Crippen LogP contribution in [0.15, 0.2) is 71.0 Å². The fraction of sp³-hybridized carbons (Fsp3) is 0.261. The molecule has 0 bridgehead atoms. The van der Waals surface area contributed by atoms with E-state index in [-0.39, 0.29) is 17.7 Å². The average molecular weight is 419 g/mol. The molecule has 0 radical (unpaired) electrons. The van der Waals surface area contributed by atoms with Gasteiger partial charge in [0.15, 0.2) is 5.78 Å². The Bertz CT molecular complexity index is 1120. The molecule has 30 heavy (non-hydrogen) atoms. The Kier molecular flexibility index (Phi) is 4.83. The number of fused-ring (bicyclic) bond motifs is 1. The molecular formula is C23H22N4O2S. The zero-order valence-electron chi connectivity index (χ0n) is 16.8. The lowest BCUT2D eigenvalue weighted by Gasteiger charge is -2.35. The average Bonchev–Trinajstić information content (AvgIpc) is 3.26. The second-order valence-electron chi connectivity index (χ2n) is 7.52. The number of anilines is 1. The lowest BCUT2D eigenvalue weighted by atomic mass is 9.78. The van der Waals surface area contributed by atoms with E-state index in [1.807, 2.05) is 28.9 Å². The van der Waals surface area contributed by atoms with E-state index in [0.29, 0.717) is 12.4 Å². The van der Waals surface area contributed by atoms with Crippen LogP contribution >= 0.6 is 11.8 Å². The summed E-state index contributed by atoms with van der Waals surface area (Å²) in [4.78, 5) is 19.0. The zero-order valence-corrected chi connectivity index (χ0v) is 17.6. The number of rotatable bonds is 4. The molecule has 0 fully saturated rings. The van der Waals surface area contributed by atoms with Gasteiger partial charge in [-0.25, -0.2) is 4.68 Å². The maximum Gasteiger partial charge on any atom is 0.226 e. The molecule has 1 aliphatic heterocycles. The van der Waals surface area contributed by atoms with Crippen LogP contribution in [0.25, 0.3) is 0 Å². The summed E-state index contributed by atoms with van der Waals surface area (Å²) in [6, 6.07) is 16.1. The molecule has 1 N–H and O–H groups in total. The Morgan fingerprint density at radius 1 is 1.07 bits per heavy atom. The highest BCUT2D eigenvalue weighted by atomic mass is 32.2. The monoisotopic (exact) mass is 418 g/mol. The van der Waals surface area contributed by atoms with Gasteiger partial charge in [-0.15, -0.1) is 11.8 Å². The molecule has 0 spiro atoms. The van der Waals surface area contributed by atoms with Crippen molar-refractivity contribution in [1.82, 2.24) is 14.8 Å². The van der Waals surface area contributed by atoms with Crippen molar-refractivity contribution >= 4 is 23.5 Å². The summed E-state index contributed by atoms with van der Waals surface area (Å²) in [6.45, 7) is 0. The molecule has 2 heterocycles. The summed E-state index contributed by atoms with van der Waals surface area (Å²) in [6.07, 6.45) is 4.84. The predicted octanol–water partition coefficient (Wildman–Crippen LogP) is 4.42. The van der Waals surface area contributed by atoms with Crippen LogP contribution in [0.5, 0.6) is 5.75 Å². The highest BCUT2D eigenvalue weighted by molar-refractivity contribution is 7.98. The number of carbonyl (C=O) groups is 1. The molecule has 7 heteroatoms. The van der Waals surface area contributed by atoms with Crippen LogP contribution in [0.3, 0.4) is 0 Å². The number of hydrogen-bond donors (Lipinski definition) is 1. The molecule has 152 valence electrons. The van der Waals surface area contributed by atoms with Crippen molar-refractivity contribution in [3.8, 4) is 5.75 Å². The summed E-state index contributed by atoms with van der Waals surface area (Å²) in [5, 5.41) is 7.79. The lowest BCUT2D eigenvalue weighted by molar-refractivity contribution is -0.116. The zero-order chi connectivity index (χ0) is 20.7. The van der Waals surface area contributed by atoms with E-state index in [4.69, 9.17) is 4.74 Å². The Morgan fingerprint density at radius 2 is 1.80 bits per heavy atom. The highest BCUT2D eigenvalue weighted by Gasteiger charge is 2.39. The number of ketones is 1. The van der Waals surface area contributed by atoms with Gasteiger partial charge >= 0.3 is 0 Å². The van der Waals surface area contributed by atoms with Crippen molar-refractivity contribution in [2.24, 2.45) is 0 Å². The third-order valence-electron chi connectivity index (χ3n) is 5.88. The van der Waals surface area contributed by atoms with E-state index in [0.717, 1.165) is 34.6 Å². The molecule has 5 rings (SSSR count). The minimum atomic E-state index is -0.251. The van der Waals surface area contributed by atoms with E-state index in [1.54, 1.807) is 18.9 Å². The van der Waals surface area contributed by atoms with Gasteiger partial charge in [0.1, 0.15) is 18.1 Å². The summed E-state index contributed by atoms with van der Waals surface area (Å²) in [7, 11) is 1.66. The molecule has 0 saturated carbocycles.